The highest BCUT2D eigenvalue weighted by Crippen LogP contribution is 2.14. The number of H-pyrrole nitrogens is 1. The lowest BCUT2D eigenvalue weighted by molar-refractivity contribution is -0.122. The first kappa shape index (κ1) is 16.6. The first-order valence-corrected chi connectivity index (χ1v) is 7.80. The van der Waals surface area contributed by atoms with Crippen LogP contribution in [0.4, 0.5) is 4.39 Å². The van der Waals surface area contributed by atoms with Gasteiger partial charge in [0, 0.05) is 11.9 Å². The van der Waals surface area contributed by atoms with E-state index in [0.717, 1.165) is 11.1 Å². The van der Waals surface area contributed by atoms with Crippen LogP contribution in [0, 0.1) is 5.82 Å². The second-order valence-corrected chi connectivity index (χ2v) is 5.66. The lowest BCUT2D eigenvalue weighted by atomic mass is 10.2. The minimum Gasteiger partial charge on any atom is -0.350 e. The topological polar surface area (TPSA) is 86.9 Å². The Morgan fingerprint density at radius 2 is 1.88 bits per heavy atom. The van der Waals surface area contributed by atoms with Crippen molar-refractivity contribution in [3.05, 3.63) is 65.6 Å². The van der Waals surface area contributed by atoms with Crippen molar-refractivity contribution in [1.29, 1.82) is 0 Å². The summed E-state index contributed by atoms with van der Waals surface area (Å²) in [4.78, 5) is 24.5. The van der Waals surface area contributed by atoms with E-state index in [1.807, 2.05) is 18.2 Å². The summed E-state index contributed by atoms with van der Waals surface area (Å²) < 4.78 is 12.9. The van der Waals surface area contributed by atoms with Crippen molar-refractivity contribution in [2.24, 2.45) is 0 Å². The Balaban J connectivity index is 1.59. The molecular weight excluding hydrogens is 323 g/mol. The van der Waals surface area contributed by atoms with E-state index in [4.69, 9.17) is 0 Å². The molecule has 0 aliphatic heterocycles. The number of benzene rings is 2. The molecule has 0 spiro atoms. The van der Waals surface area contributed by atoms with Crippen LogP contribution in [0.15, 0.2) is 48.5 Å². The Morgan fingerprint density at radius 1 is 1.16 bits per heavy atom. The molecule has 2 aromatic carbocycles. The third-order valence-corrected chi connectivity index (χ3v) is 3.81. The summed E-state index contributed by atoms with van der Waals surface area (Å²) in [6.07, 6.45) is 0. The van der Waals surface area contributed by atoms with Gasteiger partial charge >= 0.3 is 0 Å². The molecule has 2 amide bonds. The van der Waals surface area contributed by atoms with Crippen LogP contribution in [0.3, 0.4) is 0 Å². The average molecular weight is 340 g/mol. The molecule has 0 radical (unpaired) electrons. The second-order valence-electron chi connectivity index (χ2n) is 5.66. The number of amides is 2. The molecule has 3 N–H and O–H groups in total. The third kappa shape index (κ3) is 3.82. The molecule has 6 nitrogen and oxygen atoms in total. The molecular formula is C18H17FN4O2. The number of carbonyl (C=O) groups is 2. The highest BCUT2D eigenvalue weighted by molar-refractivity contribution is 6.05. The van der Waals surface area contributed by atoms with Gasteiger partial charge in [-0.15, -0.1) is 0 Å². The van der Waals surface area contributed by atoms with Gasteiger partial charge in [0.25, 0.3) is 5.91 Å². The van der Waals surface area contributed by atoms with Crippen LogP contribution in [0.2, 0.25) is 0 Å². The van der Waals surface area contributed by atoms with Crippen LogP contribution in [0.25, 0.3) is 10.9 Å². The molecule has 0 saturated heterocycles. The number of nitrogens with one attached hydrogen (secondary N) is 3. The molecule has 3 aromatic rings. The third-order valence-electron chi connectivity index (χ3n) is 3.81. The molecule has 1 aromatic heterocycles. The van der Waals surface area contributed by atoms with E-state index >= 15 is 0 Å². The summed E-state index contributed by atoms with van der Waals surface area (Å²) in [6, 6.07) is 12.4. The van der Waals surface area contributed by atoms with Gasteiger partial charge in [-0.05, 0) is 30.7 Å². The van der Waals surface area contributed by atoms with Gasteiger partial charge in [-0.1, -0.05) is 30.3 Å². The molecule has 0 saturated carbocycles. The predicted molar refractivity (Wildman–Crippen MR) is 91.3 cm³/mol. The summed E-state index contributed by atoms with van der Waals surface area (Å²) >= 11 is 0. The fourth-order valence-electron chi connectivity index (χ4n) is 2.41. The maximum atomic E-state index is 12.9. The van der Waals surface area contributed by atoms with Crippen molar-refractivity contribution in [1.82, 2.24) is 20.8 Å². The monoisotopic (exact) mass is 340 g/mol. The minimum atomic E-state index is -0.733. The van der Waals surface area contributed by atoms with E-state index in [1.165, 1.54) is 12.1 Å². The molecule has 0 aliphatic rings. The molecule has 25 heavy (non-hydrogen) atoms. The molecule has 0 fully saturated rings. The maximum Gasteiger partial charge on any atom is 0.273 e. The highest BCUT2D eigenvalue weighted by Gasteiger charge is 2.19. The van der Waals surface area contributed by atoms with Crippen LogP contribution >= 0.6 is 0 Å². The van der Waals surface area contributed by atoms with Gasteiger partial charge < -0.3 is 10.6 Å². The number of hydrogen-bond donors (Lipinski definition) is 3. The largest absolute Gasteiger partial charge is 0.350 e. The molecule has 0 bridgehead atoms. The van der Waals surface area contributed by atoms with Crippen molar-refractivity contribution < 1.29 is 14.0 Å². The van der Waals surface area contributed by atoms with E-state index in [2.05, 4.69) is 20.8 Å². The highest BCUT2D eigenvalue weighted by atomic mass is 19.1. The van der Waals surface area contributed by atoms with Crippen LogP contribution in [-0.2, 0) is 11.3 Å². The number of carbonyl (C=O) groups excluding carboxylic acids is 2. The summed E-state index contributed by atoms with van der Waals surface area (Å²) in [5.74, 6) is -1.10. The molecule has 0 aliphatic carbocycles. The smallest absolute Gasteiger partial charge is 0.273 e. The summed E-state index contributed by atoms with van der Waals surface area (Å²) in [5.41, 5.74) is 1.77. The van der Waals surface area contributed by atoms with Crippen LogP contribution < -0.4 is 10.6 Å². The summed E-state index contributed by atoms with van der Waals surface area (Å²) in [5, 5.41) is 12.8. The first-order valence-electron chi connectivity index (χ1n) is 7.80. The number of aromatic nitrogens is 2. The Kier molecular flexibility index (Phi) is 4.74. The quantitative estimate of drug-likeness (QED) is 0.665. The molecule has 1 unspecified atom stereocenters. The van der Waals surface area contributed by atoms with Crippen molar-refractivity contribution in [2.45, 2.75) is 19.5 Å². The van der Waals surface area contributed by atoms with Crippen LogP contribution in [0.5, 0.6) is 0 Å². The van der Waals surface area contributed by atoms with E-state index in [-0.39, 0.29) is 24.0 Å². The van der Waals surface area contributed by atoms with Gasteiger partial charge in [-0.2, -0.15) is 5.10 Å². The van der Waals surface area contributed by atoms with Crippen LogP contribution in [-0.4, -0.2) is 28.1 Å². The second kappa shape index (κ2) is 7.12. The van der Waals surface area contributed by atoms with Crippen molar-refractivity contribution in [3.63, 3.8) is 0 Å². The zero-order chi connectivity index (χ0) is 17.8. The first-order chi connectivity index (χ1) is 12.0. The predicted octanol–water partition coefficient (Wildman–Crippen LogP) is 2.14. The Labute approximate surface area is 143 Å². The maximum absolute atomic E-state index is 12.9. The number of hydrogen-bond acceptors (Lipinski definition) is 3. The standard InChI is InChI=1S/C18H17FN4O2/c1-11(17(24)20-10-12-6-8-13(19)9-7-12)21-18(25)16-14-4-2-3-5-15(14)22-23-16/h2-9,11H,10H2,1H3,(H,20,24)(H,21,25)(H,22,23). The average Bonchev–Trinajstić information content (AvgIpc) is 3.05. The number of para-hydroxylation sites is 1. The number of halogens is 1. The van der Waals surface area contributed by atoms with Gasteiger partial charge in [-0.3, -0.25) is 14.7 Å². The SMILES string of the molecule is CC(NC(=O)c1n[nH]c2ccccc12)C(=O)NCc1ccc(F)cc1. The van der Waals surface area contributed by atoms with Gasteiger partial charge in [0.2, 0.25) is 5.91 Å². The van der Waals surface area contributed by atoms with Gasteiger partial charge in [0.15, 0.2) is 5.69 Å². The molecule has 128 valence electrons. The summed E-state index contributed by atoms with van der Waals surface area (Å²) in [7, 11) is 0. The number of aromatic amines is 1. The minimum absolute atomic E-state index is 0.244. The molecule has 7 heteroatoms. The van der Waals surface area contributed by atoms with Gasteiger partial charge in [0.1, 0.15) is 11.9 Å². The Morgan fingerprint density at radius 3 is 2.64 bits per heavy atom. The van der Waals surface area contributed by atoms with E-state index in [1.54, 1.807) is 25.1 Å². The molecule has 3 rings (SSSR count). The van der Waals surface area contributed by atoms with Gasteiger partial charge in [-0.25, -0.2) is 4.39 Å². The number of nitrogens with zero attached hydrogens (tertiary/aromatic N) is 1. The molecule has 1 atom stereocenters. The van der Waals surface area contributed by atoms with Crippen molar-refractivity contribution in [2.75, 3.05) is 0 Å². The number of rotatable bonds is 5. The number of fused-ring (bicyclic) bond motifs is 1. The normalized spacial score (nSPS) is 11.9. The fraction of sp³-hybridized carbons (Fsp3) is 0.167. The molecule has 1 heterocycles. The fourth-order valence-corrected chi connectivity index (χ4v) is 2.41. The van der Waals surface area contributed by atoms with E-state index in [0.29, 0.717) is 5.39 Å². The van der Waals surface area contributed by atoms with Gasteiger partial charge in [0.05, 0.1) is 5.52 Å². The zero-order valence-corrected chi connectivity index (χ0v) is 13.5. The zero-order valence-electron chi connectivity index (χ0n) is 13.5. The van der Waals surface area contributed by atoms with E-state index < -0.39 is 11.9 Å². The van der Waals surface area contributed by atoms with E-state index in [9.17, 15) is 14.0 Å². The van der Waals surface area contributed by atoms with Crippen LogP contribution in [0.1, 0.15) is 23.0 Å². The van der Waals surface area contributed by atoms with Crippen molar-refractivity contribution >= 4 is 22.7 Å². The summed E-state index contributed by atoms with van der Waals surface area (Å²) in [6.45, 7) is 1.84. The van der Waals surface area contributed by atoms with Crippen molar-refractivity contribution in [3.8, 4) is 0 Å². The lowest BCUT2D eigenvalue weighted by Gasteiger charge is -2.13. The Bertz CT molecular complexity index is 905. The lowest BCUT2D eigenvalue weighted by Crippen LogP contribution is -2.44. The Hall–Kier alpha value is -3.22.